The molecule has 2 amide bonds. The quantitative estimate of drug-likeness (QED) is 0.910. The van der Waals surface area contributed by atoms with Crippen molar-refractivity contribution >= 4 is 17.5 Å². The van der Waals surface area contributed by atoms with Gasteiger partial charge in [-0.1, -0.05) is 6.92 Å². The number of carbonyl (C=O) groups excluding carboxylic acids is 2. The van der Waals surface area contributed by atoms with Gasteiger partial charge in [-0.3, -0.25) is 9.59 Å². The topological polar surface area (TPSA) is 67.9 Å². The Morgan fingerprint density at radius 3 is 2.76 bits per heavy atom. The van der Waals surface area contributed by atoms with Gasteiger partial charge >= 0.3 is 0 Å². The molecule has 0 aromatic heterocycles. The molecule has 1 aromatic rings. The van der Waals surface area contributed by atoms with Gasteiger partial charge in [-0.15, -0.1) is 0 Å². The number of hydrogen-bond donors (Lipinski definition) is 1. The van der Waals surface area contributed by atoms with Crippen LogP contribution in [0.5, 0.6) is 11.5 Å². The van der Waals surface area contributed by atoms with Gasteiger partial charge in [-0.05, 0) is 37.8 Å². The highest BCUT2D eigenvalue weighted by Crippen LogP contribution is 2.32. The minimum atomic E-state index is -0.385. The van der Waals surface area contributed by atoms with Gasteiger partial charge in [0.1, 0.15) is 6.04 Å². The largest absolute Gasteiger partial charge is 0.490 e. The minimum absolute atomic E-state index is 0.0704. The fourth-order valence-corrected chi connectivity index (χ4v) is 3.33. The molecule has 2 aliphatic heterocycles. The Hall–Kier alpha value is -2.24. The molecular weight excluding hydrogens is 320 g/mol. The molecule has 6 heteroatoms. The average Bonchev–Trinajstić information content (AvgIpc) is 2.87. The Morgan fingerprint density at radius 2 is 1.96 bits per heavy atom. The predicted octanol–water partition coefficient (Wildman–Crippen LogP) is 2.97. The van der Waals surface area contributed by atoms with Crippen molar-refractivity contribution in [3.63, 3.8) is 0 Å². The molecule has 0 aliphatic carbocycles. The molecule has 1 saturated heterocycles. The van der Waals surface area contributed by atoms with Crippen LogP contribution in [-0.2, 0) is 9.59 Å². The molecule has 0 spiro atoms. The number of hydrogen-bond acceptors (Lipinski definition) is 4. The number of rotatable bonds is 4. The van der Waals surface area contributed by atoms with E-state index in [-0.39, 0.29) is 17.9 Å². The first-order valence-electron chi connectivity index (χ1n) is 9.19. The van der Waals surface area contributed by atoms with E-state index < -0.39 is 0 Å². The van der Waals surface area contributed by atoms with Gasteiger partial charge in [0.15, 0.2) is 11.5 Å². The van der Waals surface area contributed by atoms with Gasteiger partial charge in [-0.2, -0.15) is 0 Å². The summed E-state index contributed by atoms with van der Waals surface area (Å²) in [7, 11) is 0. The number of likely N-dealkylation sites (tertiary alicyclic amines) is 1. The highest BCUT2D eigenvalue weighted by Gasteiger charge is 2.31. The summed E-state index contributed by atoms with van der Waals surface area (Å²) >= 11 is 0. The lowest BCUT2D eigenvalue weighted by atomic mass is 10.0. The van der Waals surface area contributed by atoms with Crippen molar-refractivity contribution in [2.45, 2.75) is 51.5 Å². The number of anilines is 1. The van der Waals surface area contributed by atoms with E-state index in [1.54, 1.807) is 11.0 Å². The SMILES string of the molecule is CCCC(=O)N1CCCCC1C(=O)Nc1ccc2c(c1)OCCCO2. The molecule has 0 bridgehead atoms. The van der Waals surface area contributed by atoms with Gasteiger partial charge in [0, 0.05) is 31.1 Å². The van der Waals surface area contributed by atoms with Crippen LogP contribution in [0.15, 0.2) is 18.2 Å². The van der Waals surface area contributed by atoms with Crippen LogP contribution in [0.3, 0.4) is 0 Å². The summed E-state index contributed by atoms with van der Waals surface area (Å²) in [5.74, 6) is 1.30. The van der Waals surface area contributed by atoms with E-state index in [1.807, 2.05) is 19.1 Å². The van der Waals surface area contributed by atoms with E-state index in [1.165, 1.54) is 0 Å². The smallest absolute Gasteiger partial charge is 0.247 e. The van der Waals surface area contributed by atoms with Crippen molar-refractivity contribution in [3.05, 3.63) is 18.2 Å². The second-order valence-corrected chi connectivity index (χ2v) is 6.55. The molecule has 1 aromatic carbocycles. The molecule has 2 aliphatic rings. The normalized spacial score (nSPS) is 19.9. The molecule has 1 fully saturated rings. The number of piperidine rings is 1. The first-order valence-corrected chi connectivity index (χ1v) is 9.19. The van der Waals surface area contributed by atoms with Crippen molar-refractivity contribution in [1.82, 2.24) is 4.90 Å². The van der Waals surface area contributed by atoms with E-state index >= 15 is 0 Å². The van der Waals surface area contributed by atoms with Gasteiger partial charge in [-0.25, -0.2) is 0 Å². The molecule has 0 radical (unpaired) electrons. The molecular formula is C19H26N2O4. The first kappa shape index (κ1) is 17.6. The summed E-state index contributed by atoms with van der Waals surface area (Å²) in [5.41, 5.74) is 0.669. The minimum Gasteiger partial charge on any atom is -0.490 e. The number of nitrogens with one attached hydrogen (secondary N) is 1. The van der Waals surface area contributed by atoms with Crippen LogP contribution >= 0.6 is 0 Å². The second-order valence-electron chi connectivity index (χ2n) is 6.55. The van der Waals surface area contributed by atoms with Gasteiger partial charge in [0.25, 0.3) is 0 Å². The number of amides is 2. The van der Waals surface area contributed by atoms with Crippen molar-refractivity contribution in [3.8, 4) is 11.5 Å². The molecule has 1 unspecified atom stereocenters. The highest BCUT2D eigenvalue weighted by atomic mass is 16.5. The van der Waals surface area contributed by atoms with Crippen LogP contribution in [-0.4, -0.2) is 42.5 Å². The van der Waals surface area contributed by atoms with Crippen LogP contribution in [0, 0.1) is 0 Å². The van der Waals surface area contributed by atoms with E-state index in [4.69, 9.17) is 9.47 Å². The van der Waals surface area contributed by atoms with Gasteiger partial charge in [0.05, 0.1) is 13.2 Å². The summed E-state index contributed by atoms with van der Waals surface area (Å²) in [6.45, 7) is 3.88. The van der Waals surface area contributed by atoms with Crippen molar-refractivity contribution < 1.29 is 19.1 Å². The van der Waals surface area contributed by atoms with Gasteiger partial charge < -0.3 is 19.7 Å². The maximum absolute atomic E-state index is 12.7. The maximum atomic E-state index is 12.7. The highest BCUT2D eigenvalue weighted by molar-refractivity contribution is 5.97. The predicted molar refractivity (Wildman–Crippen MR) is 94.9 cm³/mol. The lowest BCUT2D eigenvalue weighted by molar-refractivity contribution is -0.140. The van der Waals surface area contributed by atoms with Crippen LogP contribution in [0.2, 0.25) is 0 Å². The monoisotopic (exact) mass is 346 g/mol. The Balaban J connectivity index is 1.70. The Morgan fingerprint density at radius 1 is 1.16 bits per heavy atom. The van der Waals surface area contributed by atoms with Crippen LogP contribution in [0.1, 0.15) is 45.4 Å². The lowest BCUT2D eigenvalue weighted by Crippen LogP contribution is -2.49. The zero-order chi connectivity index (χ0) is 17.6. The van der Waals surface area contributed by atoms with Crippen LogP contribution < -0.4 is 14.8 Å². The van der Waals surface area contributed by atoms with Gasteiger partial charge in [0.2, 0.25) is 11.8 Å². The van der Waals surface area contributed by atoms with Crippen molar-refractivity contribution in [2.75, 3.05) is 25.1 Å². The summed E-state index contributed by atoms with van der Waals surface area (Å²) < 4.78 is 11.3. The van der Waals surface area contributed by atoms with E-state index in [0.29, 0.717) is 49.8 Å². The van der Waals surface area contributed by atoms with E-state index in [2.05, 4.69) is 5.32 Å². The number of carbonyl (C=O) groups is 2. The number of benzene rings is 1. The van der Waals surface area contributed by atoms with Crippen molar-refractivity contribution in [2.24, 2.45) is 0 Å². The average molecular weight is 346 g/mol. The van der Waals surface area contributed by atoms with Crippen molar-refractivity contribution in [1.29, 1.82) is 0 Å². The lowest BCUT2D eigenvalue weighted by Gasteiger charge is -2.34. The molecule has 136 valence electrons. The maximum Gasteiger partial charge on any atom is 0.247 e. The third-order valence-electron chi connectivity index (χ3n) is 4.60. The molecule has 25 heavy (non-hydrogen) atoms. The molecule has 1 atom stereocenters. The summed E-state index contributed by atoms with van der Waals surface area (Å²) in [5, 5.41) is 2.94. The fourth-order valence-electron chi connectivity index (χ4n) is 3.33. The van der Waals surface area contributed by atoms with Crippen LogP contribution in [0.4, 0.5) is 5.69 Å². The molecule has 2 heterocycles. The Bertz CT molecular complexity index is 632. The Kier molecular flexibility index (Phi) is 5.79. The first-order chi connectivity index (χ1) is 12.2. The summed E-state index contributed by atoms with van der Waals surface area (Å²) in [6.07, 6.45) is 4.77. The number of ether oxygens (including phenoxy) is 2. The summed E-state index contributed by atoms with van der Waals surface area (Å²) in [6, 6.07) is 5.03. The standard InChI is InChI=1S/C19H26N2O4/c1-2-6-18(22)21-10-4-3-7-15(21)19(23)20-14-8-9-16-17(13-14)25-12-5-11-24-16/h8-9,13,15H,2-7,10-12H2,1H3,(H,20,23). The van der Waals surface area contributed by atoms with E-state index in [9.17, 15) is 9.59 Å². The van der Waals surface area contributed by atoms with Crippen LogP contribution in [0.25, 0.3) is 0 Å². The molecule has 3 rings (SSSR count). The second kappa shape index (κ2) is 8.23. The number of nitrogens with zero attached hydrogens (tertiary/aromatic N) is 1. The van der Waals surface area contributed by atoms with E-state index in [0.717, 1.165) is 25.7 Å². The molecule has 1 N–H and O–H groups in total. The Labute approximate surface area is 148 Å². The zero-order valence-electron chi connectivity index (χ0n) is 14.8. The third-order valence-corrected chi connectivity index (χ3v) is 4.60. The number of fused-ring (bicyclic) bond motifs is 1. The summed E-state index contributed by atoms with van der Waals surface area (Å²) in [4.78, 5) is 26.8. The fraction of sp³-hybridized carbons (Fsp3) is 0.579. The third kappa shape index (κ3) is 4.24. The zero-order valence-corrected chi connectivity index (χ0v) is 14.8. The molecule has 6 nitrogen and oxygen atoms in total. The molecule has 0 saturated carbocycles.